The molecular formula is C11H13BrN2O2S. The third-order valence-corrected chi connectivity index (χ3v) is 4.34. The number of rotatable bonds is 4. The maximum Gasteiger partial charge on any atom is 0.246 e. The minimum absolute atomic E-state index is 0.0811. The largest absolute Gasteiger partial charge is 0.300 e. The van der Waals surface area contributed by atoms with Crippen molar-refractivity contribution in [1.29, 1.82) is 0 Å². The molecule has 1 fully saturated rings. The number of nitrogens with one attached hydrogen (secondary N) is 1. The quantitative estimate of drug-likeness (QED) is 0.861. The van der Waals surface area contributed by atoms with Gasteiger partial charge in [0.2, 0.25) is 11.8 Å². The molecule has 1 N–H and O–H groups in total. The maximum atomic E-state index is 11.8. The van der Waals surface area contributed by atoms with E-state index >= 15 is 0 Å². The van der Waals surface area contributed by atoms with E-state index in [2.05, 4.69) is 21.2 Å². The van der Waals surface area contributed by atoms with Gasteiger partial charge < -0.3 is 5.32 Å². The van der Waals surface area contributed by atoms with E-state index in [4.69, 9.17) is 0 Å². The minimum atomic E-state index is -0.358. The fourth-order valence-corrected chi connectivity index (χ4v) is 3.28. The van der Waals surface area contributed by atoms with Gasteiger partial charge >= 0.3 is 0 Å². The van der Waals surface area contributed by atoms with Gasteiger partial charge in [0, 0.05) is 18.0 Å². The van der Waals surface area contributed by atoms with Crippen molar-refractivity contribution in [1.82, 2.24) is 10.2 Å². The summed E-state index contributed by atoms with van der Waals surface area (Å²) in [6.07, 6.45) is 0.277. The van der Waals surface area contributed by atoms with E-state index in [1.165, 1.54) is 4.90 Å². The zero-order valence-electron chi connectivity index (χ0n) is 9.40. The summed E-state index contributed by atoms with van der Waals surface area (Å²) in [5, 5.41) is 3.13. The number of carbonyl (C=O) groups excluding carboxylic acids is 2. The van der Waals surface area contributed by atoms with Crippen molar-refractivity contribution in [2.24, 2.45) is 0 Å². The van der Waals surface area contributed by atoms with Crippen molar-refractivity contribution in [2.75, 3.05) is 6.54 Å². The van der Waals surface area contributed by atoms with Crippen molar-refractivity contribution in [3.05, 3.63) is 20.8 Å². The third kappa shape index (κ3) is 2.75. The number of hydrogen-bond acceptors (Lipinski definition) is 4. The Labute approximate surface area is 112 Å². The number of amides is 2. The monoisotopic (exact) mass is 316 g/mol. The highest BCUT2D eigenvalue weighted by molar-refractivity contribution is 9.11. The first-order valence-corrected chi connectivity index (χ1v) is 7.04. The summed E-state index contributed by atoms with van der Waals surface area (Å²) in [4.78, 5) is 25.8. The predicted molar refractivity (Wildman–Crippen MR) is 69.7 cm³/mol. The Kier molecular flexibility index (Phi) is 3.96. The van der Waals surface area contributed by atoms with Crippen molar-refractivity contribution < 1.29 is 9.59 Å². The molecule has 0 aliphatic carbocycles. The number of carbonyl (C=O) groups is 2. The van der Waals surface area contributed by atoms with Crippen molar-refractivity contribution in [2.45, 2.75) is 25.9 Å². The van der Waals surface area contributed by atoms with Crippen LogP contribution in [0, 0.1) is 0 Å². The molecule has 1 aromatic rings. The Bertz CT molecular complexity index is 446. The summed E-state index contributed by atoms with van der Waals surface area (Å²) in [6, 6.07) is 3.62. The van der Waals surface area contributed by atoms with Crippen LogP contribution in [0.2, 0.25) is 0 Å². The second-order valence-electron chi connectivity index (χ2n) is 3.82. The Balaban J connectivity index is 1.92. The first-order valence-electron chi connectivity index (χ1n) is 5.43. The van der Waals surface area contributed by atoms with Crippen molar-refractivity contribution in [3.8, 4) is 0 Å². The molecule has 1 aromatic heterocycles. The molecule has 0 spiro atoms. The lowest BCUT2D eigenvalue weighted by Crippen LogP contribution is -2.38. The molecule has 0 aromatic carbocycles. The summed E-state index contributed by atoms with van der Waals surface area (Å²) in [6.45, 7) is 2.90. The second kappa shape index (κ2) is 5.29. The molecule has 4 nitrogen and oxygen atoms in total. The molecule has 0 radical (unpaired) electrons. The van der Waals surface area contributed by atoms with E-state index in [1.807, 2.05) is 19.1 Å². The first-order chi connectivity index (χ1) is 8.11. The number of likely N-dealkylation sites (N-methyl/N-ethyl adjacent to an activating group) is 1. The van der Waals surface area contributed by atoms with Crippen LogP contribution < -0.4 is 5.32 Å². The lowest BCUT2D eigenvalue weighted by atomic mass is 10.2. The van der Waals surface area contributed by atoms with E-state index in [9.17, 15) is 9.59 Å². The van der Waals surface area contributed by atoms with Gasteiger partial charge in [-0.1, -0.05) is 0 Å². The van der Waals surface area contributed by atoms with E-state index in [0.29, 0.717) is 13.1 Å². The van der Waals surface area contributed by atoms with Gasteiger partial charge in [0.05, 0.1) is 16.2 Å². The highest BCUT2D eigenvalue weighted by atomic mass is 79.9. The summed E-state index contributed by atoms with van der Waals surface area (Å²) >= 11 is 5.01. The normalized spacial score (nSPS) is 20.4. The van der Waals surface area contributed by atoms with E-state index in [0.717, 1.165) is 8.66 Å². The fourth-order valence-electron chi connectivity index (χ4n) is 1.85. The molecule has 2 amide bonds. The molecule has 92 valence electrons. The lowest BCUT2D eigenvalue weighted by molar-refractivity contribution is -0.138. The number of halogens is 1. The molecule has 0 saturated carbocycles. The number of thiophene rings is 1. The van der Waals surface area contributed by atoms with Crippen LogP contribution >= 0.6 is 27.3 Å². The van der Waals surface area contributed by atoms with Gasteiger partial charge in [0.1, 0.15) is 0 Å². The summed E-state index contributed by atoms with van der Waals surface area (Å²) < 4.78 is 1.07. The van der Waals surface area contributed by atoms with E-state index in [1.54, 1.807) is 11.3 Å². The molecule has 1 unspecified atom stereocenters. The molecule has 1 aliphatic rings. The molecule has 1 aliphatic heterocycles. The smallest absolute Gasteiger partial charge is 0.246 e. The van der Waals surface area contributed by atoms with Gasteiger partial charge in [-0.15, -0.1) is 11.3 Å². The van der Waals surface area contributed by atoms with Gasteiger partial charge in [-0.2, -0.15) is 0 Å². The Morgan fingerprint density at radius 1 is 1.53 bits per heavy atom. The predicted octanol–water partition coefficient (Wildman–Crippen LogP) is 1.75. The maximum absolute atomic E-state index is 11.8. The van der Waals surface area contributed by atoms with Crippen LogP contribution in [0.5, 0.6) is 0 Å². The SMILES string of the molecule is CCN1C(=O)CC(NCc2ccc(Br)s2)C1=O. The van der Waals surface area contributed by atoms with Gasteiger partial charge in [-0.25, -0.2) is 0 Å². The molecule has 17 heavy (non-hydrogen) atoms. The van der Waals surface area contributed by atoms with Gasteiger partial charge in [-0.05, 0) is 35.0 Å². The summed E-state index contributed by atoms with van der Waals surface area (Å²) in [5.41, 5.74) is 0. The Hall–Kier alpha value is -0.720. The second-order valence-corrected chi connectivity index (χ2v) is 6.37. The third-order valence-electron chi connectivity index (χ3n) is 2.71. The standard InChI is InChI=1S/C11H13BrN2O2S/c1-2-14-10(15)5-8(11(14)16)13-6-7-3-4-9(12)17-7/h3-4,8,13H,2,5-6H2,1H3. The van der Waals surface area contributed by atoms with Gasteiger partial charge in [0.25, 0.3) is 0 Å². The van der Waals surface area contributed by atoms with Crippen LogP contribution in [0.1, 0.15) is 18.2 Å². The zero-order chi connectivity index (χ0) is 12.4. The average Bonchev–Trinajstić information content (AvgIpc) is 2.81. The van der Waals surface area contributed by atoms with Crippen LogP contribution in [-0.2, 0) is 16.1 Å². The summed E-state index contributed by atoms with van der Waals surface area (Å²) in [5.74, 6) is -0.185. The average molecular weight is 317 g/mol. The van der Waals surface area contributed by atoms with Crippen molar-refractivity contribution in [3.63, 3.8) is 0 Å². The molecule has 2 rings (SSSR count). The molecule has 0 bridgehead atoms. The van der Waals surface area contributed by atoms with Gasteiger partial charge in [0.15, 0.2) is 0 Å². The Morgan fingerprint density at radius 2 is 2.29 bits per heavy atom. The molecule has 1 saturated heterocycles. The van der Waals surface area contributed by atoms with Gasteiger partial charge in [-0.3, -0.25) is 14.5 Å². The number of nitrogens with zero attached hydrogens (tertiary/aromatic N) is 1. The lowest BCUT2D eigenvalue weighted by Gasteiger charge is -2.12. The van der Waals surface area contributed by atoms with Crippen LogP contribution in [0.15, 0.2) is 15.9 Å². The molecule has 2 heterocycles. The van der Waals surface area contributed by atoms with Crippen LogP contribution in [0.3, 0.4) is 0 Å². The van der Waals surface area contributed by atoms with Crippen LogP contribution in [0.4, 0.5) is 0 Å². The zero-order valence-corrected chi connectivity index (χ0v) is 11.8. The summed E-state index contributed by atoms with van der Waals surface area (Å²) in [7, 11) is 0. The Morgan fingerprint density at radius 3 is 2.82 bits per heavy atom. The molecule has 1 atom stereocenters. The minimum Gasteiger partial charge on any atom is -0.300 e. The van der Waals surface area contributed by atoms with E-state index in [-0.39, 0.29) is 24.3 Å². The molecular weight excluding hydrogens is 304 g/mol. The topological polar surface area (TPSA) is 49.4 Å². The first kappa shape index (κ1) is 12.7. The molecule has 6 heteroatoms. The fraction of sp³-hybridized carbons (Fsp3) is 0.455. The van der Waals surface area contributed by atoms with Crippen molar-refractivity contribution >= 4 is 39.1 Å². The number of hydrogen-bond donors (Lipinski definition) is 1. The van der Waals surface area contributed by atoms with Crippen LogP contribution in [0.25, 0.3) is 0 Å². The number of likely N-dealkylation sites (tertiary alicyclic amines) is 1. The highest BCUT2D eigenvalue weighted by Crippen LogP contribution is 2.22. The van der Waals surface area contributed by atoms with E-state index < -0.39 is 0 Å². The number of imide groups is 1. The van der Waals surface area contributed by atoms with Crippen LogP contribution in [-0.4, -0.2) is 29.3 Å². The highest BCUT2D eigenvalue weighted by Gasteiger charge is 2.36.